The van der Waals surface area contributed by atoms with Gasteiger partial charge in [0.1, 0.15) is 0 Å². The normalized spacial score (nSPS) is 8.67. The van der Waals surface area contributed by atoms with Gasteiger partial charge < -0.3 is 0 Å². The Kier molecular flexibility index (Phi) is 3.29. The molecule has 0 nitrogen and oxygen atoms in total. The SMILES string of the molecule is C#[C][Sn]([C]#C)([C]#C)[CH2]C. The van der Waals surface area contributed by atoms with Crippen molar-refractivity contribution in [1.29, 1.82) is 0 Å². The van der Waals surface area contributed by atoms with Gasteiger partial charge in [-0.3, -0.25) is 0 Å². The summed E-state index contributed by atoms with van der Waals surface area (Å²) in [5.41, 5.74) is 0. The molecule has 1 heteroatoms. The molecule has 0 bridgehead atoms. The van der Waals surface area contributed by atoms with Crippen molar-refractivity contribution in [2.45, 2.75) is 11.4 Å². The van der Waals surface area contributed by atoms with Gasteiger partial charge in [-0.1, -0.05) is 0 Å². The molecule has 0 atom stereocenters. The molecule has 0 saturated heterocycles. The van der Waals surface area contributed by atoms with Gasteiger partial charge in [-0.05, 0) is 0 Å². The van der Waals surface area contributed by atoms with E-state index in [0.29, 0.717) is 0 Å². The van der Waals surface area contributed by atoms with E-state index in [4.69, 9.17) is 19.3 Å². The van der Waals surface area contributed by atoms with E-state index in [9.17, 15) is 0 Å². The molecular weight excluding hydrogens is 215 g/mol. The van der Waals surface area contributed by atoms with Crippen LogP contribution in [-0.2, 0) is 0 Å². The van der Waals surface area contributed by atoms with E-state index >= 15 is 0 Å². The molecule has 0 N–H and O–H groups in total. The van der Waals surface area contributed by atoms with Gasteiger partial charge in [-0.2, -0.15) is 0 Å². The van der Waals surface area contributed by atoms with Crippen molar-refractivity contribution in [2.24, 2.45) is 0 Å². The van der Waals surface area contributed by atoms with Crippen LogP contribution in [0.4, 0.5) is 0 Å². The minimum absolute atomic E-state index is 0.845. The molecule has 0 saturated carbocycles. The van der Waals surface area contributed by atoms with Crippen LogP contribution in [0, 0.1) is 31.1 Å². The summed E-state index contributed by atoms with van der Waals surface area (Å²) in [6.07, 6.45) is 15.6. The molecule has 0 heterocycles. The number of rotatable bonds is 1. The molecule has 9 heavy (non-hydrogen) atoms. The van der Waals surface area contributed by atoms with E-state index in [1.165, 1.54) is 0 Å². The molecular formula is C8H8Sn. The quantitative estimate of drug-likeness (QED) is 0.459. The van der Waals surface area contributed by atoms with Crippen LogP contribution < -0.4 is 0 Å². The van der Waals surface area contributed by atoms with Crippen molar-refractivity contribution in [3.63, 3.8) is 0 Å². The molecule has 0 aromatic heterocycles. The van der Waals surface area contributed by atoms with E-state index in [0.717, 1.165) is 4.44 Å². The first-order valence-electron chi connectivity index (χ1n) is 2.68. The van der Waals surface area contributed by atoms with Gasteiger partial charge in [0, 0.05) is 0 Å². The van der Waals surface area contributed by atoms with Crippen molar-refractivity contribution in [1.82, 2.24) is 0 Å². The Morgan fingerprint density at radius 2 is 1.44 bits per heavy atom. The first-order chi connectivity index (χ1) is 4.24. The predicted molar refractivity (Wildman–Crippen MR) is 42.7 cm³/mol. The maximum atomic E-state index is 5.20. The third-order valence-corrected chi connectivity index (χ3v) is 8.52. The summed E-state index contributed by atoms with van der Waals surface area (Å²) >= 11 is -2.80. The molecule has 0 fully saturated rings. The van der Waals surface area contributed by atoms with Crippen LogP contribution in [0.2, 0.25) is 4.44 Å². The van der Waals surface area contributed by atoms with Crippen LogP contribution in [-0.4, -0.2) is 18.4 Å². The van der Waals surface area contributed by atoms with E-state index < -0.39 is 18.4 Å². The summed E-state index contributed by atoms with van der Waals surface area (Å²) in [5.74, 6) is 0. The number of hydrogen-bond donors (Lipinski definition) is 0. The van der Waals surface area contributed by atoms with Gasteiger partial charge in [0.15, 0.2) is 0 Å². The Labute approximate surface area is 60.9 Å². The topological polar surface area (TPSA) is 0 Å². The summed E-state index contributed by atoms with van der Waals surface area (Å²) in [4.78, 5) is 0. The van der Waals surface area contributed by atoms with Crippen molar-refractivity contribution in [2.75, 3.05) is 0 Å². The first kappa shape index (κ1) is 8.48. The standard InChI is InChI=1S/C2H5.3C2H.Sn/c4*1-2;/h1H2,2H3;3*1H;. The third kappa shape index (κ3) is 1.70. The second-order valence-corrected chi connectivity index (χ2v) is 11.3. The summed E-state index contributed by atoms with van der Waals surface area (Å²) in [7, 11) is 0. The molecule has 0 amide bonds. The predicted octanol–water partition coefficient (Wildman–Crippen LogP) is 0.972. The van der Waals surface area contributed by atoms with Gasteiger partial charge in [0.25, 0.3) is 0 Å². The summed E-state index contributed by atoms with van der Waals surface area (Å²) < 4.78 is 8.65. The molecule has 0 aliphatic rings. The fourth-order valence-electron chi connectivity index (χ4n) is 0.431. The molecule has 44 valence electrons. The van der Waals surface area contributed by atoms with E-state index in [1.54, 1.807) is 0 Å². The molecule has 0 aromatic carbocycles. The second-order valence-electron chi connectivity index (χ2n) is 1.69. The van der Waals surface area contributed by atoms with Crippen LogP contribution in [0.5, 0.6) is 0 Å². The minimum atomic E-state index is -2.80. The van der Waals surface area contributed by atoms with Gasteiger partial charge in [0.2, 0.25) is 0 Å². The molecule has 0 spiro atoms. The zero-order chi connectivity index (χ0) is 7.33. The second kappa shape index (κ2) is 3.49. The Balaban J connectivity index is 4.54. The van der Waals surface area contributed by atoms with E-state index in [2.05, 4.69) is 11.8 Å². The van der Waals surface area contributed by atoms with Gasteiger partial charge >= 0.3 is 60.8 Å². The molecule has 0 aromatic rings. The Hall–Kier alpha value is -0.521. The fourth-order valence-corrected chi connectivity index (χ4v) is 2.89. The summed E-state index contributed by atoms with van der Waals surface area (Å²) in [6.45, 7) is 1.97. The zero-order valence-electron chi connectivity index (χ0n) is 5.44. The average molecular weight is 223 g/mol. The van der Waals surface area contributed by atoms with Crippen LogP contribution in [0.3, 0.4) is 0 Å². The van der Waals surface area contributed by atoms with Crippen molar-refractivity contribution in [3.8, 4) is 31.1 Å². The molecule has 0 aliphatic heterocycles. The van der Waals surface area contributed by atoms with Gasteiger partial charge in [-0.15, -0.1) is 0 Å². The average Bonchev–Trinajstić information content (AvgIpc) is 1.95. The Bertz CT molecular complexity index is 170. The number of terminal acetylenes is 3. The van der Waals surface area contributed by atoms with Crippen molar-refractivity contribution >= 4 is 18.4 Å². The Morgan fingerprint density at radius 1 is 1.11 bits per heavy atom. The first-order valence-corrected chi connectivity index (χ1v) is 8.98. The Morgan fingerprint density at radius 3 is 1.44 bits per heavy atom. The number of hydrogen-bond acceptors (Lipinski definition) is 0. The summed E-state index contributed by atoms with van der Waals surface area (Å²) in [6, 6.07) is 0. The van der Waals surface area contributed by atoms with Gasteiger partial charge in [-0.25, -0.2) is 0 Å². The van der Waals surface area contributed by atoms with E-state index in [1.807, 2.05) is 6.92 Å². The molecule has 0 rings (SSSR count). The maximum absolute atomic E-state index is 5.20. The van der Waals surface area contributed by atoms with Crippen LogP contribution in [0.1, 0.15) is 6.92 Å². The van der Waals surface area contributed by atoms with Gasteiger partial charge in [0.05, 0.1) is 0 Å². The summed E-state index contributed by atoms with van der Waals surface area (Å²) in [5, 5.41) is 0. The van der Waals surface area contributed by atoms with Crippen LogP contribution in [0.15, 0.2) is 0 Å². The molecule has 0 aliphatic carbocycles. The van der Waals surface area contributed by atoms with Crippen molar-refractivity contribution < 1.29 is 0 Å². The monoisotopic (exact) mass is 224 g/mol. The van der Waals surface area contributed by atoms with Crippen LogP contribution >= 0.6 is 0 Å². The third-order valence-electron chi connectivity index (χ3n) is 1.27. The fraction of sp³-hybridized carbons (Fsp3) is 0.250. The zero-order valence-corrected chi connectivity index (χ0v) is 8.29. The van der Waals surface area contributed by atoms with Crippen molar-refractivity contribution in [3.05, 3.63) is 0 Å². The van der Waals surface area contributed by atoms with Crippen LogP contribution in [0.25, 0.3) is 0 Å². The molecule has 0 radical (unpaired) electrons. The van der Waals surface area contributed by atoms with E-state index in [-0.39, 0.29) is 0 Å². The molecule has 0 unspecified atom stereocenters.